The highest BCUT2D eigenvalue weighted by molar-refractivity contribution is 5.96. The molecule has 0 aliphatic carbocycles. The van der Waals surface area contributed by atoms with Gasteiger partial charge in [-0.25, -0.2) is 0 Å². The van der Waals surface area contributed by atoms with Gasteiger partial charge in [0.1, 0.15) is 0 Å². The fourth-order valence-corrected chi connectivity index (χ4v) is 3.07. The largest absolute Gasteiger partial charge is 0.379 e. The molecule has 4 nitrogen and oxygen atoms in total. The van der Waals surface area contributed by atoms with Crippen LogP contribution in [0.25, 0.3) is 16.8 Å². The van der Waals surface area contributed by atoms with E-state index in [0.29, 0.717) is 0 Å². The van der Waals surface area contributed by atoms with Gasteiger partial charge in [-0.3, -0.25) is 9.69 Å². The van der Waals surface area contributed by atoms with Crippen molar-refractivity contribution in [1.82, 2.24) is 10.2 Å². The summed E-state index contributed by atoms with van der Waals surface area (Å²) in [6.45, 7) is 6.33. The van der Waals surface area contributed by atoms with E-state index in [4.69, 9.17) is 4.74 Å². The van der Waals surface area contributed by atoms with E-state index >= 15 is 0 Å². The van der Waals surface area contributed by atoms with E-state index in [9.17, 15) is 4.79 Å². The van der Waals surface area contributed by atoms with Crippen molar-refractivity contribution in [3.63, 3.8) is 0 Å². The Morgan fingerprint density at radius 1 is 1.21 bits per heavy atom. The quantitative estimate of drug-likeness (QED) is 0.860. The lowest BCUT2D eigenvalue weighted by Crippen LogP contribution is -2.45. The monoisotopic (exact) mass is 324 g/mol. The van der Waals surface area contributed by atoms with Crippen LogP contribution in [-0.2, 0) is 9.53 Å². The van der Waals surface area contributed by atoms with E-state index in [-0.39, 0.29) is 11.9 Å². The molecule has 2 aromatic rings. The molecule has 1 aliphatic rings. The van der Waals surface area contributed by atoms with Crippen molar-refractivity contribution in [2.75, 3.05) is 32.8 Å². The van der Waals surface area contributed by atoms with Crippen molar-refractivity contribution in [1.29, 1.82) is 0 Å². The zero-order chi connectivity index (χ0) is 16.8. The maximum atomic E-state index is 12.2. The van der Waals surface area contributed by atoms with Crippen LogP contribution in [0.5, 0.6) is 0 Å². The van der Waals surface area contributed by atoms with Crippen molar-refractivity contribution in [3.8, 4) is 0 Å². The lowest BCUT2D eigenvalue weighted by Gasteiger charge is -2.29. The first-order valence-corrected chi connectivity index (χ1v) is 8.49. The van der Waals surface area contributed by atoms with Crippen LogP contribution in [0.15, 0.2) is 48.5 Å². The zero-order valence-corrected chi connectivity index (χ0v) is 14.1. The first kappa shape index (κ1) is 16.7. The fourth-order valence-electron chi connectivity index (χ4n) is 3.07. The van der Waals surface area contributed by atoms with E-state index in [1.54, 1.807) is 6.08 Å². The Bertz CT molecular complexity index is 715. The second kappa shape index (κ2) is 8.08. The standard InChI is InChI=1S/C20H24N2O2/c1-16(15-22-11-13-24-14-12-22)21-20(23)10-9-18-7-4-6-17-5-2-3-8-19(17)18/h2-10,16H,11-15H2,1H3,(H,21,23)/b10-9-/t16-/m0/s1. The van der Waals surface area contributed by atoms with E-state index in [2.05, 4.69) is 28.4 Å². The van der Waals surface area contributed by atoms with Gasteiger partial charge in [0, 0.05) is 31.8 Å². The molecule has 0 aromatic heterocycles. The van der Waals surface area contributed by atoms with Gasteiger partial charge in [-0.2, -0.15) is 0 Å². The topological polar surface area (TPSA) is 41.6 Å². The number of rotatable bonds is 5. The highest BCUT2D eigenvalue weighted by atomic mass is 16.5. The average molecular weight is 324 g/mol. The van der Waals surface area contributed by atoms with Crippen LogP contribution in [0.4, 0.5) is 0 Å². The fraction of sp³-hybridized carbons (Fsp3) is 0.350. The predicted molar refractivity (Wildman–Crippen MR) is 97.8 cm³/mol. The Morgan fingerprint density at radius 3 is 2.79 bits per heavy atom. The number of hydrogen-bond donors (Lipinski definition) is 1. The number of ether oxygens (including phenoxy) is 1. The highest BCUT2D eigenvalue weighted by Gasteiger charge is 2.14. The molecule has 1 amide bonds. The van der Waals surface area contributed by atoms with E-state index in [1.165, 1.54) is 5.39 Å². The molecule has 2 aromatic carbocycles. The van der Waals surface area contributed by atoms with Crippen LogP contribution in [0.3, 0.4) is 0 Å². The molecule has 1 heterocycles. The van der Waals surface area contributed by atoms with Gasteiger partial charge in [0.2, 0.25) is 5.91 Å². The van der Waals surface area contributed by atoms with Crippen molar-refractivity contribution in [2.45, 2.75) is 13.0 Å². The molecule has 1 aliphatic heterocycles. The minimum absolute atomic E-state index is 0.0521. The molecular formula is C20H24N2O2. The molecule has 126 valence electrons. The minimum atomic E-state index is -0.0521. The number of hydrogen-bond acceptors (Lipinski definition) is 3. The Kier molecular flexibility index (Phi) is 5.62. The van der Waals surface area contributed by atoms with Gasteiger partial charge >= 0.3 is 0 Å². The molecule has 0 radical (unpaired) electrons. The third-order valence-electron chi connectivity index (χ3n) is 4.26. The van der Waals surface area contributed by atoms with Crippen molar-refractivity contribution in [2.24, 2.45) is 0 Å². The SMILES string of the molecule is C[C@@H](CN1CCOCC1)NC(=O)/C=C\c1cccc2ccccc12. The Hall–Kier alpha value is -2.17. The van der Waals surface area contributed by atoms with Crippen LogP contribution in [-0.4, -0.2) is 49.7 Å². The smallest absolute Gasteiger partial charge is 0.244 e. The summed E-state index contributed by atoms with van der Waals surface area (Å²) in [6, 6.07) is 14.4. The molecule has 0 spiro atoms. The summed E-state index contributed by atoms with van der Waals surface area (Å²) in [5.74, 6) is -0.0521. The van der Waals surface area contributed by atoms with Crippen molar-refractivity contribution < 1.29 is 9.53 Å². The summed E-state index contributed by atoms with van der Waals surface area (Å²) < 4.78 is 5.34. The summed E-state index contributed by atoms with van der Waals surface area (Å²) in [5, 5.41) is 5.38. The summed E-state index contributed by atoms with van der Waals surface area (Å²) in [4.78, 5) is 14.5. The van der Waals surface area contributed by atoms with Crippen LogP contribution in [0.1, 0.15) is 12.5 Å². The first-order valence-electron chi connectivity index (χ1n) is 8.49. The highest BCUT2D eigenvalue weighted by Crippen LogP contribution is 2.19. The van der Waals surface area contributed by atoms with E-state index in [1.807, 2.05) is 37.3 Å². The third-order valence-corrected chi connectivity index (χ3v) is 4.26. The molecule has 4 heteroatoms. The molecule has 1 atom stereocenters. The molecule has 3 rings (SSSR count). The number of carbonyl (C=O) groups excluding carboxylic acids is 1. The molecule has 0 saturated carbocycles. The number of carbonyl (C=O) groups is 1. The maximum absolute atomic E-state index is 12.2. The van der Waals surface area contributed by atoms with Crippen molar-refractivity contribution in [3.05, 3.63) is 54.1 Å². The Balaban J connectivity index is 1.58. The molecule has 1 fully saturated rings. The van der Waals surface area contributed by atoms with Gasteiger partial charge in [-0.1, -0.05) is 42.5 Å². The number of amides is 1. The number of nitrogens with zero attached hydrogens (tertiary/aromatic N) is 1. The molecular weight excluding hydrogens is 300 g/mol. The molecule has 0 bridgehead atoms. The van der Waals surface area contributed by atoms with Gasteiger partial charge in [-0.05, 0) is 29.3 Å². The second-order valence-corrected chi connectivity index (χ2v) is 6.22. The van der Waals surface area contributed by atoms with Gasteiger partial charge in [0.15, 0.2) is 0 Å². The predicted octanol–water partition coefficient (Wildman–Crippen LogP) is 2.69. The number of fused-ring (bicyclic) bond motifs is 1. The normalized spacial score (nSPS) is 17.2. The Morgan fingerprint density at radius 2 is 1.96 bits per heavy atom. The molecule has 24 heavy (non-hydrogen) atoms. The van der Waals surface area contributed by atoms with E-state index < -0.39 is 0 Å². The van der Waals surface area contributed by atoms with Crippen LogP contribution in [0, 0.1) is 0 Å². The lowest BCUT2D eigenvalue weighted by molar-refractivity contribution is -0.117. The molecule has 1 saturated heterocycles. The summed E-state index contributed by atoms with van der Waals surface area (Å²) in [5.41, 5.74) is 1.06. The summed E-state index contributed by atoms with van der Waals surface area (Å²) >= 11 is 0. The molecule has 0 unspecified atom stereocenters. The number of morpholine rings is 1. The second-order valence-electron chi connectivity index (χ2n) is 6.22. The summed E-state index contributed by atoms with van der Waals surface area (Å²) in [7, 11) is 0. The summed E-state index contributed by atoms with van der Waals surface area (Å²) in [6.07, 6.45) is 3.51. The Labute approximate surface area is 143 Å². The van der Waals surface area contributed by atoms with Crippen molar-refractivity contribution >= 4 is 22.8 Å². The number of benzene rings is 2. The maximum Gasteiger partial charge on any atom is 0.244 e. The molecule has 1 N–H and O–H groups in total. The zero-order valence-electron chi connectivity index (χ0n) is 14.1. The van der Waals surface area contributed by atoms with Gasteiger partial charge in [0.05, 0.1) is 13.2 Å². The minimum Gasteiger partial charge on any atom is -0.379 e. The average Bonchev–Trinajstić information content (AvgIpc) is 2.60. The van der Waals surface area contributed by atoms with E-state index in [0.717, 1.165) is 43.8 Å². The number of nitrogens with one attached hydrogen (secondary N) is 1. The van der Waals surface area contributed by atoms with Gasteiger partial charge < -0.3 is 10.1 Å². The van der Waals surface area contributed by atoms with Gasteiger partial charge in [0.25, 0.3) is 0 Å². The first-order chi connectivity index (χ1) is 11.7. The third kappa shape index (κ3) is 4.43. The lowest BCUT2D eigenvalue weighted by atomic mass is 10.0. The van der Waals surface area contributed by atoms with Crippen LogP contribution < -0.4 is 5.32 Å². The van der Waals surface area contributed by atoms with Gasteiger partial charge in [-0.15, -0.1) is 0 Å². The van der Waals surface area contributed by atoms with Crippen LogP contribution >= 0.6 is 0 Å². The van der Waals surface area contributed by atoms with Crippen LogP contribution in [0.2, 0.25) is 0 Å².